The molecule has 1 unspecified atom stereocenters. The van der Waals surface area contributed by atoms with E-state index >= 15 is 0 Å². The molecule has 0 aromatic carbocycles. The molecule has 0 aliphatic carbocycles. The molecule has 15 heavy (non-hydrogen) atoms. The van der Waals surface area contributed by atoms with Gasteiger partial charge in [0, 0.05) is 6.54 Å². The number of aliphatic hydroxyl groups excluding tert-OH is 1. The smallest absolute Gasteiger partial charge is 0.0980 e. The molecule has 1 heterocycles. The van der Waals surface area contributed by atoms with E-state index in [0.717, 1.165) is 36.6 Å². The summed E-state index contributed by atoms with van der Waals surface area (Å²) in [6.45, 7) is 5.04. The van der Waals surface area contributed by atoms with Crippen LogP contribution >= 0.6 is 11.8 Å². The second-order valence-corrected chi connectivity index (χ2v) is 4.78. The zero-order valence-corrected chi connectivity index (χ0v) is 10.2. The maximum atomic E-state index is 9.93. The van der Waals surface area contributed by atoms with Gasteiger partial charge in [0.25, 0.3) is 0 Å². The van der Waals surface area contributed by atoms with E-state index in [4.69, 9.17) is 0 Å². The average molecular weight is 229 g/mol. The van der Waals surface area contributed by atoms with Gasteiger partial charge in [-0.15, -0.1) is 5.10 Å². The molecule has 4 nitrogen and oxygen atoms in total. The van der Waals surface area contributed by atoms with Crippen LogP contribution in [-0.4, -0.2) is 31.6 Å². The van der Waals surface area contributed by atoms with E-state index in [0.29, 0.717) is 0 Å². The molecule has 1 aromatic heterocycles. The lowest BCUT2D eigenvalue weighted by molar-refractivity contribution is 0.163. The molecule has 0 aliphatic rings. The summed E-state index contributed by atoms with van der Waals surface area (Å²) in [5.74, 6) is 2.08. The lowest BCUT2D eigenvalue weighted by Gasteiger charge is -2.11. The molecule has 1 N–H and O–H groups in total. The Morgan fingerprint density at radius 1 is 1.53 bits per heavy atom. The van der Waals surface area contributed by atoms with Crippen molar-refractivity contribution < 1.29 is 5.11 Å². The van der Waals surface area contributed by atoms with Gasteiger partial charge in [0.1, 0.15) is 0 Å². The molecular weight excluding hydrogens is 210 g/mol. The predicted molar refractivity (Wildman–Crippen MR) is 62.9 cm³/mol. The van der Waals surface area contributed by atoms with Crippen molar-refractivity contribution in [2.75, 3.05) is 11.5 Å². The molecular formula is C10H19N3OS. The Morgan fingerprint density at radius 3 is 3.00 bits per heavy atom. The molecule has 0 saturated carbocycles. The molecule has 0 fully saturated rings. The molecule has 5 heteroatoms. The third kappa shape index (κ3) is 3.83. The third-order valence-corrected chi connectivity index (χ3v) is 3.10. The molecule has 1 aromatic rings. The Labute approximate surface area is 95.1 Å². The lowest BCUT2D eigenvalue weighted by Crippen LogP contribution is -2.09. The van der Waals surface area contributed by atoms with Gasteiger partial charge in [-0.25, -0.2) is 4.68 Å². The highest BCUT2D eigenvalue weighted by Gasteiger charge is 2.13. The molecule has 0 saturated heterocycles. The van der Waals surface area contributed by atoms with Crippen molar-refractivity contribution >= 4 is 11.8 Å². The highest BCUT2D eigenvalue weighted by Crippen LogP contribution is 2.18. The van der Waals surface area contributed by atoms with Crippen LogP contribution in [0.2, 0.25) is 0 Å². The van der Waals surface area contributed by atoms with Crippen molar-refractivity contribution in [2.24, 2.45) is 0 Å². The van der Waals surface area contributed by atoms with Crippen LogP contribution in [0.4, 0.5) is 0 Å². The number of hydrogen-bond acceptors (Lipinski definition) is 4. The quantitative estimate of drug-likeness (QED) is 0.725. The minimum Gasteiger partial charge on any atom is -0.387 e. The standard InChI is InChI=1S/C10H19N3OS/c1-3-6-13-9(8-11-12-13)10(14)5-7-15-4-2/h8,10,14H,3-7H2,1-2H3. The Morgan fingerprint density at radius 2 is 2.33 bits per heavy atom. The molecule has 0 bridgehead atoms. The van der Waals surface area contributed by atoms with Crippen LogP contribution in [0.15, 0.2) is 6.20 Å². The molecule has 1 atom stereocenters. The van der Waals surface area contributed by atoms with E-state index in [-0.39, 0.29) is 0 Å². The van der Waals surface area contributed by atoms with Crippen LogP contribution < -0.4 is 0 Å². The first-order valence-electron chi connectivity index (χ1n) is 5.43. The van der Waals surface area contributed by atoms with Gasteiger partial charge in [0.15, 0.2) is 0 Å². The molecule has 0 spiro atoms. The Kier molecular flexibility index (Phi) is 5.71. The summed E-state index contributed by atoms with van der Waals surface area (Å²) in [6.07, 6.45) is 3.02. The number of aromatic nitrogens is 3. The number of rotatable bonds is 7. The van der Waals surface area contributed by atoms with Gasteiger partial charge in [-0.3, -0.25) is 0 Å². The Balaban J connectivity index is 2.48. The van der Waals surface area contributed by atoms with E-state index in [9.17, 15) is 5.11 Å². The van der Waals surface area contributed by atoms with Crippen molar-refractivity contribution in [2.45, 2.75) is 39.3 Å². The number of aryl methyl sites for hydroxylation is 1. The third-order valence-electron chi connectivity index (χ3n) is 2.16. The maximum Gasteiger partial charge on any atom is 0.0980 e. The summed E-state index contributed by atoms with van der Waals surface area (Å²) in [5, 5.41) is 17.7. The molecule has 86 valence electrons. The van der Waals surface area contributed by atoms with Crippen molar-refractivity contribution in [3.8, 4) is 0 Å². The predicted octanol–water partition coefficient (Wildman–Crippen LogP) is 1.86. The van der Waals surface area contributed by atoms with E-state index in [1.165, 1.54) is 0 Å². The summed E-state index contributed by atoms with van der Waals surface area (Å²) >= 11 is 1.84. The van der Waals surface area contributed by atoms with Crippen LogP contribution in [0, 0.1) is 0 Å². The van der Waals surface area contributed by atoms with Crippen LogP contribution in [0.3, 0.4) is 0 Å². The number of hydrogen-bond donors (Lipinski definition) is 1. The van der Waals surface area contributed by atoms with Crippen molar-refractivity contribution in [3.05, 3.63) is 11.9 Å². The molecule has 0 radical (unpaired) electrons. The first-order valence-corrected chi connectivity index (χ1v) is 6.59. The van der Waals surface area contributed by atoms with Crippen LogP contribution in [-0.2, 0) is 6.54 Å². The van der Waals surface area contributed by atoms with E-state index in [1.807, 2.05) is 11.8 Å². The number of nitrogens with zero attached hydrogens (tertiary/aromatic N) is 3. The minimum atomic E-state index is -0.425. The number of aliphatic hydroxyl groups is 1. The van der Waals surface area contributed by atoms with Gasteiger partial charge in [-0.05, 0) is 24.3 Å². The van der Waals surface area contributed by atoms with Crippen LogP contribution in [0.25, 0.3) is 0 Å². The van der Waals surface area contributed by atoms with Gasteiger partial charge >= 0.3 is 0 Å². The largest absolute Gasteiger partial charge is 0.387 e. The summed E-state index contributed by atoms with van der Waals surface area (Å²) in [4.78, 5) is 0. The minimum absolute atomic E-state index is 0.425. The maximum absolute atomic E-state index is 9.93. The number of thioether (sulfide) groups is 1. The van der Waals surface area contributed by atoms with Gasteiger partial charge in [-0.1, -0.05) is 19.1 Å². The second-order valence-electron chi connectivity index (χ2n) is 3.38. The summed E-state index contributed by atoms with van der Waals surface area (Å²) < 4.78 is 1.79. The first-order chi connectivity index (χ1) is 7.29. The highest BCUT2D eigenvalue weighted by atomic mass is 32.2. The zero-order chi connectivity index (χ0) is 11.1. The van der Waals surface area contributed by atoms with E-state index < -0.39 is 6.10 Å². The summed E-state index contributed by atoms with van der Waals surface area (Å²) in [5.41, 5.74) is 0.841. The molecule has 1 rings (SSSR count). The van der Waals surface area contributed by atoms with Gasteiger partial charge < -0.3 is 5.11 Å². The van der Waals surface area contributed by atoms with Crippen molar-refractivity contribution in [1.82, 2.24) is 15.0 Å². The van der Waals surface area contributed by atoms with Crippen LogP contribution in [0.1, 0.15) is 38.5 Å². The normalized spacial score (nSPS) is 13.0. The highest BCUT2D eigenvalue weighted by molar-refractivity contribution is 7.99. The van der Waals surface area contributed by atoms with Gasteiger partial charge in [0.05, 0.1) is 18.0 Å². The topological polar surface area (TPSA) is 50.9 Å². The SMILES string of the molecule is CCCn1nncc1C(O)CCSCC. The zero-order valence-electron chi connectivity index (χ0n) is 9.39. The second kappa shape index (κ2) is 6.85. The Hall–Kier alpha value is -0.550. The van der Waals surface area contributed by atoms with E-state index in [1.54, 1.807) is 10.9 Å². The fourth-order valence-electron chi connectivity index (χ4n) is 1.40. The first kappa shape index (κ1) is 12.5. The van der Waals surface area contributed by atoms with Gasteiger partial charge in [-0.2, -0.15) is 11.8 Å². The van der Waals surface area contributed by atoms with Crippen LogP contribution in [0.5, 0.6) is 0 Å². The lowest BCUT2D eigenvalue weighted by atomic mass is 10.2. The molecule has 0 amide bonds. The summed E-state index contributed by atoms with van der Waals surface area (Å²) in [6, 6.07) is 0. The van der Waals surface area contributed by atoms with E-state index in [2.05, 4.69) is 24.2 Å². The Bertz CT molecular complexity index is 277. The van der Waals surface area contributed by atoms with Crippen molar-refractivity contribution in [3.63, 3.8) is 0 Å². The monoisotopic (exact) mass is 229 g/mol. The molecule has 0 aliphatic heterocycles. The fraction of sp³-hybridized carbons (Fsp3) is 0.800. The van der Waals surface area contributed by atoms with Gasteiger partial charge in [0.2, 0.25) is 0 Å². The van der Waals surface area contributed by atoms with Crippen molar-refractivity contribution in [1.29, 1.82) is 0 Å². The fourth-order valence-corrected chi connectivity index (χ4v) is 2.08. The average Bonchev–Trinajstić information content (AvgIpc) is 2.67. The summed E-state index contributed by atoms with van der Waals surface area (Å²) in [7, 11) is 0.